The smallest absolute Gasteiger partial charge is 0.0162 e. The van der Waals surface area contributed by atoms with Gasteiger partial charge in [0.15, 0.2) is 0 Å². The van der Waals surface area contributed by atoms with Crippen molar-refractivity contribution >= 4 is 48.1 Å². The maximum Gasteiger partial charge on any atom is 0.0162 e. The van der Waals surface area contributed by atoms with Crippen molar-refractivity contribution in [1.82, 2.24) is 0 Å². The summed E-state index contributed by atoms with van der Waals surface area (Å²) in [5, 5.41) is 0.401. The van der Waals surface area contributed by atoms with Crippen LogP contribution in [-0.4, -0.2) is 27.5 Å². The minimum atomic E-state index is 0.401. The van der Waals surface area contributed by atoms with E-state index in [4.69, 9.17) is 0 Å². The van der Waals surface area contributed by atoms with Crippen LogP contribution in [0.5, 0.6) is 0 Å². The molecule has 1 aromatic carbocycles. The van der Waals surface area contributed by atoms with Crippen LogP contribution in [-0.2, 0) is 11.5 Å². The molecular weight excluding hydrogens is 316 g/mol. The lowest BCUT2D eigenvalue weighted by molar-refractivity contribution is 0.497. The van der Waals surface area contributed by atoms with Crippen LogP contribution in [0.2, 0.25) is 0 Å². The highest BCUT2D eigenvalue weighted by atomic mass is 32.1. The number of benzene rings is 1. The summed E-state index contributed by atoms with van der Waals surface area (Å²) < 4.78 is 0. The van der Waals surface area contributed by atoms with E-state index in [1.165, 1.54) is 41.5 Å². The van der Waals surface area contributed by atoms with Crippen molar-refractivity contribution in [2.24, 2.45) is 0 Å². The molecule has 0 bridgehead atoms. The zero-order chi connectivity index (χ0) is 14.8. The lowest BCUT2D eigenvalue weighted by Crippen LogP contribution is -2.28. The Kier molecular flexibility index (Phi) is 9.50. The van der Waals surface area contributed by atoms with Crippen LogP contribution in [0.25, 0.3) is 0 Å². The Morgan fingerprint density at radius 2 is 1.40 bits per heavy atom. The van der Waals surface area contributed by atoms with E-state index in [1.54, 1.807) is 5.56 Å². The van der Waals surface area contributed by atoms with Crippen LogP contribution >= 0.6 is 37.9 Å². The Hall–Kier alpha value is 0.487. The van der Waals surface area contributed by atoms with E-state index in [9.17, 15) is 0 Å². The average Bonchev–Trinajstić information content (AvgIpc) is 2.49. The second-order valence-corrected chi connectivity index (χ2v) is 8.96. The molecule has 1 rings (SSSR count). The Labute approximate surface area is 144 Å². The van der Waals surface area contributed by atoms with Crippen molar-refractivity contribution in [1.29, 1.82) is 0 Å². The van der Waals surface area contributed by atoms with Gasteiger partial charge in [-0.25, -0.2) is 0 Å². The van der Waals surface area contributed by atoms with Gasteiger partial charge in [0.05, 0.1) is 0 Å². The third kappa shape index (κ3) is 5.70. The Bertz CT molecular complexity index is 374. The molecule has 0 nitrogen and oxygen atoms in total. The van der Waals surface area contributed by atoms with Gasteiger partial charge in [-0.15, -0.1) is 0 Å². The first-order chi connectivity index (χ1) is 9.68. The monoisotopic (exact) mass is 344 g/mol. The standard InChI is InChI=1S/C16H28S3Si/c17-11-3-7-14-6-1-2-8-15(14)16(20,9-4-12-18)10-5-13-19/h1-2,6,8,17-19H,3-5,7,9-13H2,20H3. The molecule has 0 aliphatic rings. The lowest BCUT2D eigenvalue weighted by atomic mass is 9.85. The molecule has 0 amide bonds. The molecule has 4 heteroatoms. The first kappa shape index (κ1) is 18.5. The summed E-state index contributed by atoms with van der Waals surface area (Å²) in [5.74, 6) is 2.95. The molecule has 0 aliphatic carbocycles. The molecule has 0 atom stereocenters. The number of hydrogen-bond donors (Lipinski definition) is 3. The molecular formula is C16H28S3Si. The topological polar surface area (TPSA) is 0 Å². The van der Waals surface area contributed by atoms with Crippen molar-refractivity contribution in [3.63, 3.8) is 0 Å². The highest BCUT2D eigenvalue weighted by Crippen LogP contribution is 2.34. The van der Waals surface area contributed by atoms with Crippen molar-refractivity contribution in [2.75, 3.05) is 17.3 Å². The highest BCUT2D eigenvalue weighted by molar-refractivity contribution is 7.80. The van der Waals surface area contributed by atoms with Gasteiger partial charge < -0.3 is 0 Å². The van der Waals surface area contributed by atoms with Gasteiger partial charge in [-0.1, -0.05) is 24.3 Å². The Balaban J connectivity index is 2.98. The van der Waals surface area contributed by atoms with Crippen molar-refractivity contribution < 1.29 is 0 Å². The van der Waals surface area contributed by atoms with Gasteiger partial charge in [0.25, 0.3) is 0 Å². The van der Waals surface area contributed by atoms with Gasteiger partial charge >= 0.3 is 0 Å². The molecule has 1 aromatic rings. The molecule has 0 saturated carbocycles. The van der Waals surface area contributed by atoms with Crippen LogP contribution in [0.4, 0.5) is 0 Å². The first-order valence-electron chi connectivity index (χ1n) is 7.59. The van der Waals surface area contributed by atoms with Crippen LogP contribution < -0.4 is 0 Å². The predicted molar refractivity (Wildman–Crippen MR) is 106 cm³/mol. The molecule has 0 aliphatic heterocycles. The summed E-state index contributed by atoms with van der Waals surface area (Å²) >= 11 is 13.2. The van der Waals surface area contributed by atoms with Crippen molar-refractivity contribution in [3.8, 4) is 0 Å². The molecule has 0 spiro atoms. The molecule has 0 radical (unpaired) electrons. The van der Waals surface area contributed by atoms with Gasteiger partial charge in [-0.05, 0) is 71.9 Å². The minimum Gasteiger partial charge on any atom is -0.179 e. The SMILES string of the molecule is [SiH3]C(CCCS)(CCCS)c1ccccc1CCCS. The van der Waals surface area contributed by atoms with E-state index in [1.807, 2.05) is 0 Å². The Morgan fingerprint density at radius 3 is 1.95 bits per heavy atom. The van der Waals surface area contributed by atoms with Gasteiger partial charge in [0, 0.05) is 10.2 Å². The summed E-state index contributed by atoms with van der Waals surface area (Å²) in [7, 11) is 1.20. The maximum atomic E-state index is 4.41. The predicted octanol–water partition coefficient (Wildman–Crippen LogP) is 3.53. The lowest BCUT2D eigenvalue weighted by Gasteiger charge is -2.32. The zero-order valence-corrected chi connectivity index (χ0v) is 17.2. The fourth-order valence-electron chi connectivity index (χ4n) is 2.93. The van der Waals surface area contributed by atoms with Gasteiger partial charge in [-0.3, -0.25) is 0 Å². The first-order valence-corrected chi connectivity index (χ1v) is 10.5. The van der Waals surface area contributed by atoms with E-state index < -0.39 is 0 Å². The summed E-state index contributed by atoms with van der Waals surface area (Å²) in [6.07, 6.45) is 7.28. The van der Waals surface area contributed by atoms with E-state index in [-0.39, 0.29) is 0 Å². The fourth-order valence-corrected chi connectivity index (χ4v) is 4.60. The number of thiol groups is 3. The number of hydrogen-bond acceptors (Lipinski definition) is 3. The third-order valence-electron chi connectivity index (χ3n) is 4.05. The van der Waals surface area contributed by atoms with Crippen LogP contribution in [0, 0.1) is 0 Å². The normalized spacial score (nSPS) is 11.9. The second-order valence-electron chi connectivity index (χ2n) is 5.70. The summed E-state index contributed by atoms with van der Waals surface area (Å²) in [5.41, 5.74) is 3.13. The average molecular weight is 345 g/mol. The van der Waals surface area contributed by atoms with E-state index in [0.717, 1.165) is 30.1 Å². The summed E-state index contributed by atoms with van der Waals surface area (Å²) in [4.78, 5) is 0. The third-order valence-corrected chi connectivity index (χ3v) is 6.53. The van der Waals surface area contributed by atoms with E-state index in [0.29, 0.717) is 5.04 Å². The van der Waals surface area contributed by atoms with Crippen LogP contribution in [0.3, 0.4) is 0 Å². The summed E-state index contributed by atoms with van der Waals surface area (Å²) in [6.45, 7) is 0. The van der Waals surface area contributed by atoms with Gasteiger partial charge in [0.2, 0.25) is 0 Å². The molecule has 20 heavy (non-hydrogen) atoms. The van der Waals surface area contributed by atoms with E-state index >= 15 is 0 Å². The highest BCUT2D eigenvalue weighted by Gasteiger charge is 2.27. The molecule has 114 valence electrons. The molecule has 0 fully saturated rings. The molecule has 0 N–H and O–H groups in total. The zero-order valence-electron chi connectivity index (χ0n) is 12.5. The molecule has 0 aromatic heterocycles. The Morgan fingerprint density at radius 1 is 0.850 bits per heavy atom. The van der Waals surface area contributed by atoms with Gasteiger partial charge in [-0.2, -0.15) is 37.9 Å². The molecule has 0 saturated heterocycles. The summed E-state index contributed by atoms with van der Waals surface area (Å²) in [6, 6.07) is 9.05. The van der Waals surface area contributed by atoms with Crippen LogP contribution in [0.15, 0.2) is 24.3 Å². The second kappa shape index (κ2) is 10.3. The quantitative estimate of drug-likeness (QED) is 0.420. The van der Waals surface area contributed by atoms with Crippen LogP contribution in [0.1, 0.15) is 43.2 Å². The fraction of sp³-hybridized carbons (Fsp3) is 0.625. The molecule has 0 heterocycles. The number of rotatable bonds is 10. The number of aryl methyl sites for hydroxylation is 1. The van der Waals surface area contributed by atoms with Crippen molar-refractivity contribution in [2.45, 2.75) is 43.6 Å². The van der Waals surface area contributed by atoms with Crippen molar-refractivity contribution in [3.05, 3.63) is 35.4 Å². The van der Waals surface area contributed by atoms with Gasteiger partial charge in [0.1, 0.15) is 0 Å². The van der Waals surface area contributed by atoms with E-state index in [2.05, 4.69) is 62.2 Å². The minimum absolute atomic E-state index is 0.401. The molecule has 0 unspecified atom stereocenters. The maximum absolute atomic E-state index is 4.41. The largest absolute Gasteiger partial charge is 0.179 e.